The summed E-state index contributed by atoms with van der Waals surface area (Å²) in [5.41, 5.74) is 4.38. The van der Waals surface area contributed by atoms with E-state index < -0.39 is 12.1 Å². The van der Waals surface area contributed by atoms with Crippen LogP contribution in [0.25, 0.3) is 11.5 Å². The highest BCUT2D eigenvalue weighted by molar-refractivity contribution is 6.05. The lowest BCUT2D eigenvalue weighted by molar-refractivity contribution is -0.192. The van der Waals surface area contributed by atoms with Crippen molar-refractivity contribution in [1.82, 2.24) is 15.5 Å². The Morgan fingerprint density at radius 2 is 1.91 bits per heavy atom. The number of carboxylic acid groups (broad SMARTS) is 1. The summed E-state index contributed by atoms with van der Waals surface area (Å²) < 4.78 is 37.0. The zero-order valence-electron chi connectivity index (χ0n) is 19.1. The van der Waals surface area contributed by atoms with Crippen LogP contribution in [-0.4, -0.2) is 46.4 Å². The van der Waals surface area contributed by atoms with E-state index in [-0.39, 0.29) is 5.91 Å². The van der Waals surface area contributed by atoms with Crippen molar-refractivity contribution >= 4 is 17.6 Å². The molecule has 1 atom stereocenters. The molecule has 8 nitrogen and oxygen atoms in total. The number of amides is 1. The molecule has 2 heterocycles. The van der Waals surface area contributed by atoms with Gasteiger partial charge in [-0.3, -0.25) is 4.79 Å². The Morgan fingerprint density at radius 1 is 1.17 bits per heavy atom. The molecule has 186 valence electrons. The van der Waals surface area contributed by atoms with Crippen LogP contribution in [0.4, 0.5) is 18.9 Å². The van der Waals surface area contributed by atoms with E-state index in [1.54, 1.807) is 6.92 Å². The summed E-state index contributed by atoms with van der Waals surface area (Å²) in [7, 11) is 0. The number of aromatic nitrogens is 2. The number of aryl methyl sites for hydroxylation is 2. The number of anilines is 1. The first kappa shape index (κ1) is 25.9. The minimum absolute atomic E-state index is 0.118. The van der Waals surface area contributed by atoms with Crippen molar-refractivity contribution in [3.8, 4) is 11.5 Å². The molecule has 0 aliphatic carbocycles. The molecular formula is C24H25F3N4O4. The number of alkyl halides is 3. The summed E-state index contributed by atoms with van der Waals surface area (Å²) in [6.45, 7) is 5.78. The fourth-order valence-corrected chi connectivity index (χ4v) is 3.57. The Kier molecular flexibility index (Phi) is 8.23. The summed E-state index contributed by atoms with van der Waals surface area (Å²) >= 11 is 0. The van der Waals surface area contributed by atoms with Crippen molar-refractivity contribution in [3.63, 3.8) is 0 Å². The van der Waals surface area contributed by atoms with E-state index in [0.29, 0.717) is 23.2 Å². The van der Waals surface area contributed by atoms with Gasteiger partial charge < -0.3 is 20.3 Å². The minimum Gasteiger partial charge on any atom is -0.475 e. The topological polar surface area (TPSA) is 117 Å². The van der Waals surface area contributed by atoms with Crippen LogP contribution in [0.2, 0.25) is 0 Å². The van der Waals surface area contributed by atoms with Crippen molar-refractivity contribution in [3.05, 3.63) is 65.0 Å². The Balaban J connectivity index is 0.000000429. The normalized spacial score (nSPS) is 15.6. The average molecular weight is 490 g/mol. The monoisotopic (exact) mass is 490 g/mol. The Bertz CT molecular complexity index is 1190. The predicted octanol–water partition coefficient (Wildman–Crippen LogP) is 4.71. The maximum atomic E-state index is 12.9. The summed E-state index contributed by atoms with van der Waals surface area (Å²) in [5, 5.41) is 17.4. The van der Waals surface area contributed by atoms with E-state index in [1.165, 1.54) is 12.0 Å². The maximum Gasteiger partial charge on any atom is 0.490 e. The van der Waals surface area contributed by atoms with Crippen LogP contribution in [0.1, 0.15) is 46.1 Å². The smallest absolute Gasteiger partial charge is 0.475 e. The van der Waals surface area contributed by atoms with Gasteiger partial charge in [-0.15, -0.1) is 0 Å². The van der Waals surface area contributed by atoms with Crippen LogP contribution in [0.5, 0.6) is 0 Å². The zero-order chi connectivity index (χ0) is 25.6. The molecule has 1 aliphatic rings. The van der Waals surface area contributed by atoms with E-state index in [2.05, 4.69) is 26.8 Å². The van der Waals surface area contributed by atoms with Gasteiger partial charge in [0.2, 0.25) is 0 Å². The quantitative estimate of drug-likeness (QED) is 0.485. The van der Waals surface area contributed by atoms with E-state index in [4.69, 9.17) is 14.4 Å². The number of carboxylic acids is 1. The van der Waals surface area contributed by atoms with Gasteiger partial charge in [0.15, 0.2) is 5.82 Å². The number of halogens is 3. The standard InChI is InChI=1S/C22H24N4O2.C2HF3O2/c1-14-8-9-18(22-24-15(2)26-28-22)12-20(14)25-21(27)17-6-3-5-16(11-17)19-7-4-10-23-13-19;3-2(4,5)1(6)7/h3,5-6,8-9,11-12,19,23H,4,7,10,13H2,1-2H3,(H,25,27);(H,6,7). The summed E-state index contributed by atoms with van der Waals surface area (Å²) in [4.78, 5) is 26.0. The lowest BCUT2D eigenvalue weighted by atomic mass is 9.90. The number of nitrogens with one attached hydrogen (secondary N) is 2. The number of carbonyl (C=O) groups excluding carboxylic acids is 1. The Morgan fingerprint density at radius 3 is 2.51 bits per heavy atom. The van der Waals surface area contributed by atoms with E-state index in [0.717, 1.165) is 36.3 Å². The van der Waals surface area contributed by atoms with Gasteiger partial charge in [-0.1, -0.05) is 23.4 Å². The molecule has 1 saturated heterocycles. The van der Waals surface area contributed by atoms with Crippen LogP contribution in [0, 0.1) is 13.8 Å². The Hall–Kier alpha value is -3.73. The minimum atomic E-state index is -5.08. The first-order valence-corrected chi connectivity index (χ1v) is 10.9. The highest BCUT2D eigenvalue weighted by atomic mass is 19.4. The number of carbonyl (C=O) groups is 2. The number of hydrogen-bond donors (Lipinski definition) is 3. The molecule has 2 aromatic carbocycles. The summed E-state index contributed by atoms with van der Waals surface area (Å²) in [6, 6.07) is 13.7. The molecule has 0 saturated carbocycles. The van der Waals surface area contributed by atoms with Crippen LogP contribution >= 0.6 is 0 Å². The number of hydrogen-bond acceptors (Lipinski definition) is 6. The largest absolute Gasteiger partial charge is 0.490 e. The second kappa shape index (κ2) is 11.1. The lowest BCUT2D eigenvalue weighted by Gasteiger charge is -2.23. The van der Waals surface area contributed by atoms with E-state index in [1.807, 2.05) is 43.3 Å². The van der Waals surface area contributed by atoms with E-state index >= 15 is 0 Å². The van der Waals surface area contributed by atoms with Gasteiger partial charge in [-0.05, 0) is 74.5 Å². The van der Waals surface area contributed by atoms with Crippen molar-refractivity contribution in [2.75, 3.05) is 18.4 Å². The molecule has 1 unspecified atom stereocenters. The van der Waals surface area contributed by atoms with Crippen LogP contribution < -0.4 is 10.6 Å². The molecule has 11 heteroatoms. The highest BCUT2D eigenvalue weighted by Gasteiger charge is 2.38. The molecule has 0 bridgehead atoms. The predicted molar refractivity (Wildman–Crippen MR) is 122 cm³/mol. The third-order valence-corrected chi connectivity index (χ3v) is 5.42. The lowest BCUT2D eigenvalue weighted by Crippen LogP contribution is -2.28. The van der Waals surface area contributed by atoms with Gasteiger partial charge in [-0.2, -0.15) is 18.2 Å². The number of aliphatic carboxylic acids is 1. The summed E-state index contributed by atoms with van der Waals surface area (Å²) in [5.74, 6) is -1.39. The fourth-order valence-electron chi connectivity index (χ4n) is 3.57. The van der Waals surface area contributed by atoms with Crippen LogP contribution in [0.15, 0.2) is 47.0 Å². The maximum absolute atomic E-state index is 12.9. The number of piperidine rings is 1. The molecule has 1 amide bonds. The van der Waals surface area contributed by atoms with Gasteiger partial charge in [0.05, 0.1) is 0 Å². The average Bonchev–Trinajstić information content (AvgIpc) is 3.27. The number of benzene rings is 2. The van der Waals surface area contributed by atoms with Crippen molar-refractivity contribution in [1.29, 1.82) is 0 Å². The molecule has 1 aromatic heterocycles. The highest BCUT2D eigenvalue weighted by Crippen LogP contribution is 2.26. The summed E-state index contributed by atoms with van der Waals surface area (Å²) in [6.07, 6.45) is -2.76. The second-order valence-corrected chi connectivity index (χ2v) is 8.10. The van der Waals surface area contributed by atoms with Gasteiger partial charge in [0.25, 0.3) is 11.8 Å². The first-order valence-electron chi connectivity index (χ1n) is 10.9. The molecule has 4 rings (SSSR count). The SMILES string of the molecule is Cc1noc(-c2ccc(C)c(NC(=O)c3cccc(C4CCCNC4)c3)c2)n1.O=C(O)C(F)(F)F. The van der Waals surface area contributed by atoms with Gasteiger partial charge in [0.1, 0.15) is 0 Å². The molecule has 1 aliphatic heterocycles. The van der Waals surface area contributed by atoms with Gasteiger partial charge >= 0.3 is 12.1 Å². The molecule has 35 heavy (non-hydrogen) atoms. The third-order valence-electron chi connectivity index (χ3n) is 5.42. The van der Waals surface area contributed by atoms with Crippen LogP contribution in [0.3, 0.4) is 0 Å². The first-order chi connectivity index (χ1) is 16.5. The molecule has 1 fully saturated rings. The number of nitrogens with zero attached hydrogens (tertiary/aromatic N) is 2. The van der Waals surface area contributed by atoms with E-state index in [9.17, 15) is 18.0 Å². The number of rotatable bonds is 4. The van der Waals surface area contributed by atoms with Gasteiger partial charge in [0, 0.05) is 23.4 Å². The fraction of sp³-hybridized carbons (Fsp3) is 0.333. The molecule has 0 spiro atoms. The Labute approximate surface area is 199 Å². The van der Waals surface area contributed by atoms with Crippen LogP contribution in [-0.2, 0) is 4.79 Å². The van der Waals surface area contributed by atoms with Crippen molar-refractivity contribution in [2.24, 2.45) is 0 Å². The molecule has 3 N–H and O–H groups in total. The zero-order valence-corrected chi connectivity index (χ0v) is 19.1. The van der Waals surface area contributed by atoms with Crippen molar-refractivity contribution < 1.29 is 32.4 Å². The van der Waals surface area contributed by atoms with Crippen molar-refractivity contribution in [2.45, 2.75) is 38.8 Å². The molecule has 3 aromatic rings. The van der Waals surface area contributed by atoms with Gasteiger partial charge in [-0.25, -0.2) is 4.79 Å². The molecular weight excluding hydrogens is 465 g/mol. The second-order valence-electron chi connectivity index (χ2n) is 8.10. The third kappa shape index (κ3) is 7.12. The molecule has 0 radical (unpaired) electrons.